The average molecular weight is 208 g/mol. The first kappa shape index (κ1) is 12.1. The molecule has 0 fully saturated rings. The summed E-state index contributed by atoms with van der Waals surface area (Å²) in [7, 11) is 0. The molecule has 0 aliphatic rings. The highest BCUT2D eigenvalue weighted by molar-refractivity contribution is 5.31. The zero-order chi connectivity index (χ0) is 11.5. The monoisotopic (exact) mass is 208 g/mol. The zero-order valence-corrected chi connectivity index (χ0v) is 9.95. The highest BCUT2D eigenvalue weighted by Crippen LogP contribution is 2.21. The Hall–Kier alpha value is -1.02. The van der Waals surface area contributed by atoms with Gasteiger partial charge in [-0.15, -0.1) is 0 Å². The number of ether oxygens (including phenoxy) is 1. The van der Waals surface area contributed by atoms with Crippen LogP contribution in [0.2, 0.25) is 0 Å². The second-order valence-electron chi connectivity index (χ2n) is 4.57. The van der Waals surface area contributed by atoms with Gasteiger partial charge in [-0.3, -0.25) is 0 Å². The van der Waals surface area contributed by atoms with E-state index in [9.17, 15) is 5.11 Å². The van der Waals surface area contributed by atoms with E-state index < -0.39 is 5.60 Å². The molecule has 0 aliphatic carbocycles. The van der Waals surface area contributed by atoms with Gasteiger partial charge >= 0.3 is 0 Å². The smallest absolute Gasteiger partial charge is 0.122 e. The van der Waals surface area contributed by atoms with Gasteiger partial charge in [0.05, 0.1) is 5.60 Å². The van der Waals surface area contributed by atoms with E-state index in [0.717, 1.165) is 11.3 Å². The molecular weight excluding hydrogens is 188 g/mol. The Kier molecular flexibility index (Phi) is 3.75. The minimum absolute atomic E-state index is 0.182. The van der Waals surface area contributed by atoms with Crippen LogP contribution in [0.1, 0.15) is 26.3 Å². The van der Waals surface area contributed by atoms with Crippen LogP contribution < -0.4 is 4.74 Å². The van der Waals surface area contributed by atoms with Gasteiger partial charge in [0.1, 0.15) is 12.4 Å². The van der Waals surface area contributed by atoms with E-state index in [-0.39, 0.29) is 5.92 Å². The van der Waals surface area contributed by atoms with Gasteiger partial charge in [0.15, 0.2) is 0 Å². The number of benzene rings is 1. The lowest BCUT2D eigenvalue weighted by Crippen LogP contribution is -2.37. The van der Waals surface area contributed by atoms with Crippen LogP contribution in [0.25, 0.3) is 0 Å². The van der Waals surface area contributed by atoms with Crippen molar-refractivity contribution in [2.45, 2.75) is 33.3 Å². The van der Waals surface area contributed by atoms with Crippen LogP contribution in [0.5, 0.6) is 5.75 Å². The van der Waals surface area contributed by atoms with E-state index in [1.54, 1.807) is 6.92 Å². The molecule has 2 heteroatoms. The fourth-order valence-electron chi connectivity index (χ4n) is 1.11. The average Bonchev–Trinajstić information content (AvgIpc) is 2.16. The van der Waals surface area contributed by atoms with Gasteiger partial charge in [0.25, 0.3) is 0 Å². The minimum Gasteiger partial charge on any atom is -0.490 e. The summed E-state index contributed by atoms with van der Waals surface area (Å²) in [6, 6.07) is 7.83. The van der Waals surface area contributed by atoms with Crippen molar-refractivity contribution in [2.75, 3.05) is 6.61 Å². The Morgan fingerprint density at radius 2 is 1.93 bits per heavy atom. The van der Waals surface area contributed by atoms with Crippen LogP contribution >= 0.6 is 0 Å². The largest absolute Gasteiger partial charge is 0.490 e. The Balaban J connectivity index is 2.62. The van der Waals surface area contributed by atoms with E-state index in [1.807, 2.05) is 45.0 Å². The van der Waals surface area contributed by atoms with Crippen LogP contribution in [-0.4, -0.2) is 17.3 Å². The number of hydrogen-bond acceptors (Lipinski definition) is 2. The summed E-state index contributed by atoms with van der Waals surface area (Å²) >= 11 is 0. The van der Waals surface area contributed by atoms with E-state index >= 15 is 0 Å². The second kappa shape index (κ2) is 4.67. The second-order valence-corrected chi connectivity index (χ2v) is 4.57. The molecule has 1 unspecified atom stereocenters. The van der Waals surface area contributed by atoms with Crippen molar-refractivity contribution in [3.63, 3.8) is 0 Å². The predicted octanol–water partition coefficient (Wildman–Crippen LogP) is 2.78. The Morgan fingerprint density at radius 1 is 1.33 bits per heavy atom. The summed E-state index contributed by atoms with van der Waals surface area (Å²) in [5, 5.41) is 10.0. The lowest BCUT2D eigenvalue weighted by atomic mass is 9.94. The van der Waals surface area contributed by atoms with Gasteiger partial charge < -0.3 is 9.84 Å². The molecule has 15 heavy (non-hydrogen) atoms. The molecular formula is C13H20O2. The van der Waals surface area contributed by atoms with Gasteiger partial charge in [0.2, 0.25) is 0 Å². The summed E-state index contributed by atoms with van der Waals surface area (Å²) in [6.45, 7) is 8.10. The Bertz CT molecular complexity index is 316. The van der Waals surface area contributed by atoms with Crippen molar-refractivity contribution >= 4 is 0 Å². The molecule has 1 atom stereocenters. The summed E-state index contributed by atoms with van der Waals surface area (Å²) < 4.78 is 5.61. The topological polar surface area (TPSA) is 29.5 Å². The van der Waals surface area contributed by atoms with Crippen LogP contribution in [-0.2, 0) is 0 Å². The van der Waals surface area contributed by atoms with E-state index in [2.05, 4.69) is 0 Å². The molecule has 84 valence electrons. The first-order valence-corrected chi connectivity index (χ1v) is 5.34. The van der Waals surface area contributed by atoms with Gasteiger partial charge in [-0.05, 0) is 31.4 Å². The molecule has 2 nitrogen and oxygen atoms in total. The summed E-state index contributed by atoms with van der Waals surface area (Å²) in [5.41, 5.74) is 0.319. The molecule has 1 N–H and O–H groups in total. The molecule has 0 aromatic heterocycles. The van der Waals surface area contributed by atoms with Crippen molar-refractivity contribution in [3.8, 4) is 5.75 Å². The molecule has 0 saturated carbocycles. The van der Waals surface area contributed by atoms with Crippen LogP contribution in [0.3, 0.4) is 0 Å². The normalized spacial score (nSPS) is 15.1. The van der Waals surface area contributed by atoms with Crippen LogP contribution in [0.4, 0.5) is 0 Å². The minimum atomic E-state index is -0.776. The molecule has 1 aromatic carbocycles. The predicted molar refractivity (Wildman–Crippen MR) is 62.1 cm³/mol. The van der Waals surface area contributed by atoms with Gasteiger partial charge in [-0.1, -0.05) is 32.0 Å². The quantitative estimate of drug-likeness (QED) is 0.824. The fourth-order valence-corrected chi connectivity index (χ4v) is 1.11. The molecule has 0 saturated heterocycles. The maximum Gasteiger partial charge on any atom is 0.122 e. The lowest BCUT2D eigenvalue weighted by molar-refractivity contribution is -0.0268. The molecule has 1 aromatic rings. The molecule has 0 aliphatic heterocycles. The van der Waals surface area contributed by atoms with Crippen LogP contribution in [0, 0.1) is 12.8 Å². The number of aryl methyl sites for hydroxylation is 1. The number of para-hydroxylation sites is 1. The zero-order valence-electron chi connectivity index (χ0n) is 9.95. The van der Waals surface area contributed by atoms with Gasteiger partial charge in [-0.2, -0.15) is 0 Å². The third-order valence-electron chi connectivity index (χ3n) is 2.86. The van der Waals surface area contributed by atoms with Gasteiger partial charge in [0, 0.05) is 0 Å². The lowest BCUT2D eigenvalue weighted by Gasteiger charge is -2.27. The van der Waals surface area contributed by atoms with Crippen molar-refractivity contribution in [2.24, 2.45) is 5.92 Å². The maximum absolute atomic E-state index is 10.0. The molecule has 0 heterocycles. The van der Waals surface area contributed by atoms with Gasteiger partial charge in [-0.25, -0.2) is 0 Å². The fraction of sp³-hybridized carbons (Fsp3) is 0.538. The van der Waals surface area contributed by atoms with Crippen molar-refractivity contribution in [1.82, 2.24) is 0 Å². The summed E-state index contributed by atoms with van der Waals surface area (Å²) in [6.07, 6.45) is 0. The highest BCUT2D eigenvalue weighted by Gasteiger charge is 2.25. The van der Waals surface area contributed by atoms with E-state index in [4.69, 9.17) is 4.74 Å². The van der Waals surface area contributed by atoms with Crippen LogP contribution in [0.15, 0.2) is 24.3 Å². The van der Waals surface area contributed by atoms with Crippen molar-refractivity contribution < 1.29 is 9.84 Å². The summed E-state index contributed by atoms with van der Waals surface area (Å²) in [4.78, 5) is 0. The first-order valence-electron chi connectivity index (χ1n) is 5.34. The van der Waals surface area contributed by atoms with E-state index in [0.29, 0.717) is 6.61 Å². The molecule has 0 bridgehead atoms. The Morgan fingerprint density at radius 3 is 2.47 bits per heavy atom. The maximum atomic E-state index is 10.0. The van der Waals surface area contributed by atoms with Crippen molar-refractivity contribution in [3.05, 3.63) is 29.8 Å². The standard InChI is InChI=1S/C13H20O2/c1-10(2)13(4,14)9-15-12-8-6-5-7-11(12)3/h5-8,10,14H,9H2,1-4H3. The van der Waals surface area contributed by atoms with Crippen molar-refractivity contribution in [1.29, 1.82) is 0 Å². The third-order valence-corrected chi connectivity index (χ3v) is 2.86. The SMILES string of the molecule is Cc1ccccc1OCC(C)(O)C(C)C. The Labute approximate surface area is 91.9 Å². The highest BCUT2D eigenvalue weighted by atomic mass is 16.5. The number of rotatable bonds is 4. The number of aliphatic hydroxyl groups is 1. The molecule has 1 rings (SSSR count). The molecule has 0 spiro atoms. The van der Waals surface area contributed by atoms with E-state index in [1.165, 1.54) is 0 Å². The number of hydrogen-bond donors (Lipinski definition) is 1. The molecule has 0 radical (unpaired) electrons. The third kappa shape index (κ3) is 3.24. The summed E-state index contributed by atoms with van der Waals surface area (Å²) in [5.74, 6) is 1.03. The molecule has 0 amide bonds. The first-order chi connectivity index (χ1) is 6.93.